The maximum atomic E-state index is 12.8. The van der Waals surface area contributed by atoms with Gasteiger partial charge in [-0.05, 0) is 30.5 Å². The van der Waals surface area contributed by atoms with Crippen LogP contribution in [-0.2, 0) is 9.59 Å². The van der Waals surface area contributed by atoms with Gasteiger partial charge in [0.1, 0.15) is 0 Å². The Kier molecular flexibility index (Phi) is 3.68. The van der Waals surface area contributed by atoms with Crippen LogP contribution >= 0.6 is 0 Å². The van der Waals surface area contributed by atoms with Gasteiger partial charge >= 0.3 is 5.97 Å². The standard InChI is InChI=1S/C16H20N2O3/c1-10-6-7-17-15(10)16(21)18-9-11(8-14(19)20)12-4-2-3-5-13(12)18/h2-5,10-11,15,17H,6-9H2,1H3,(H,19,20). The number of para-hydroxylation sites is 1. The molecule has 1 saturated heterocycles. The number of carboxylic acid groups (broad SMARTS) is 1. The lowest BCUT2D eigenvalue weighted by Crippen LogP contribution is -2.45. The predicted octanol–water partition coefficient (Wildman–Crippen LogP) is 1.59. The minimum absolute atomic E-state index is 0.0639. The lowest BCUT2D eigenvalue weighted by Gasteiger charge is -2.24. The summed E-state index contributed by atoms with van der Waals surface area (Å²) in [5.41, 5.74) is 1.84. The zero-order chi connectivity index (χ0) is 15.0. The largest absolute Gasteiger partial charge is 0.481 e. The van der Waals surface area contributed by atoms with Crippen molar-refractivity contribution < 1.29 is 14.7 Å². The smallest absolute Gasteiger partial charge is 0.304 e. The van der Waals surface area contributed by atoms with Gasteiger partial charge in [0.2, 0.25) is 5.91 Å². The second-order valence-electron chi connectivity index (χ2n) is 6.00. The summed E-state index contributed by atoms with van der Waals surface area (Å²) in [6.45, 7) is 3.42. The Hall–Kier alpha value is -1.88. The number of nitrogens with zero attached hydrogens (tertiary/aromatic N) is 1. The number of carbonyl (C=O) groups excluding carboxylic acids is 1. The molecule has 3 atom stereocenters. The molecule has 0 bridgehead atoms. The Morgan fingerprint density at radius 1 is 1.38 bits per heavy atom. The van der Waals surface area contributed by atoms with Crippen LogP contribution in [0.1, 0.15) is 31.2 Å². The molecule has 3 rings (SSSR count). The first-order valence-electron chi connectivity index (χ1n) is 7.43. The van der Waals surface area contributed by atoms with Crippen molar-refractivity contribution >= 4 is 17.6 Å². The van der Waals surface area contributed by atoms with E-state index in [1.807, 2.05) is 24.3 Å². The number of amides is 1. The van der Waals surface area contributed by atoms with Crippen LogP contribution in [0, 0.1) is 5.92 Å². The van der Waals surface area contributed by atoms with Gasteiger partial charge in [0, 0.05) is 18.2 Å². The molecule has 5 nitrogen and oxygen atoms in total. The number of hydrogen-bond donors (Lipinski definition) is 2. The van der Waals surface area contributed by atoms with Crippen molar-refractivity contribution in [2.24, 2.45) is 5.92 Å². The first-order chi connectivity index (χ1) is 10.1. The second kappa shape index (κ2) is 5.48. The van der Waals surface area contributed by atoms with E-state index in [1.54, 1.807) is 4.90 Å². The van der Waals surface area contributed by atoms with Gasteiger partial charge < -0.3 is 15.3 Å². The van der Waals surface area contributed by atoms with Crippen molar-refractivity contribution in [3.8, 4) is 0 Å². The molecular formula is C16H20N2O3. The van der Waals surface area contributed by atoms with E-state index in [2.05, 4.69) is 12.2 Å². The molecule has 1 aromatic rings. The molecule has 21 heavy (non-hydrogen) atoms. The van der Waals surface area contributed by atoms with Gasteiger partial charge in [0.25, 0.3) is 0 Å². The van der Waals surface area contributed by atoms with E-state index in [0.29, 0.717) is 12.5 Å². The van der Waals surface area contributed by atoms with E-state index in [9.17, 15) is 9.59 Å². The molecule has 0 saturated carbocycles. The summed E-state index contributed by atoms with van der Waals surface area (Å²) < 4.78 is 0. The molecule has 0 aliphatic carbocycles. The van der Waals surface area contributed by atoms with Gasteiger partial charge in [-0.1, -0.05) is 25.1 Å². The van der Waals surface area contributed by atoms with Crippen LogP contribution in [0.25, 0.3) is 0 Å². The van der Waals surface area contributed by atoms with E-state index < -0.39 is 5.97 Å². The van der Waals surface area contributed by atoms with Gasteiger partial charge in [-0.3, -0.25) is 9.59 Å². The van der Waals surface area contributed by atoms with Crippen molar-refractivity contribution in [1.29, 1.82) is 0 Å². The SMILES string of the molecule is CC1CCNC1C(=O)N1CC(CC(=O)O)c2ccccc21. The summed E-state index contributed by atoms with van der Waals surface area (Å²) in [5, 5.41) is 12.3. The molecule has 2 N–H and O–H groups in total. The van der Waals surface area contributed by atoms with Gasteiger partial charge in [0.05, 0.1) is 12.5 Å². The molecule has 2 aliphatic heterocycles. The number of carboxylic acids is 1. The van der Waals surface area contributed by atoms with Crippen LogP contribution < -0.4 is 10.2 Å². The monoisotopic (exact) mass is 288 g/mol. The maximum absolute atomic E-state index is 12.8. The highest BCUT2D eigenvalue weighted by Crippen LogP contribution is 2.38. The molecule has 0 radical (unpaired) electrons. The topological polar surface area (TPSA) is 69.6 Å². The molecule has 3 unspecified atom stereocenters. The van der Waals surface area contributed by atoms with E-state index in [-0.39, 0.29) is 24.3 Å². The molecule has 1 aromatic carbocycles. The van der Waals surface area contributed by atoms with E-state index in [4.69, 9.17) is 5.11 Å². The maximum Gasteiger partial charge on any atom is 0.304 e. The highest BCUT2D eigenvalue weighted by Gasteiger charge is 2.39. The van der Waals surface area contributed by atoms with Crippen molar-refractivity contribution in [2.75, 3.05) is 18.0 Å². The van der Waals surface area contributed by atoms with Crippen molar-refractivity contribution in [1.82, 2.24) is 5.32 Å². The fourth-order valence-electron chi connectivity index (χ4n) is 3.42. The average Bonchev–Trinajstić information content (AvgIpc) is 3.02. The molecule has 112 valence electrons. The fraction of sp³-hybridized carbons (Fsp3) is 0.500. The molecule has 2 aliphatic rings. The summed E-state index contributed by atoms with van der Waals surface area (Å²) in [5.74, 6) is -0.542. The third kappa shape index (κ3) is 2.53. The normalized spacial score (nSPS) is 27.7. The van der Waals surface area contributed by atoms with Crippen LogP contribution in [0.15, 0.2) is 24.3 Å². The third-order valence-corrected chi connectivity index (χ3v) is 4.56. The number of fused-ring (bicyclic) bond motifs is 1. The van der Waals surface area contributed by atoms with Gasteiger partial charge in [-0.25, -0.2) is 0 Å². The molecule has 0 spiro atoms. The zero-order valence-electron chi connectivity index (χ0n) is 12.1. The Morgan fingerprint density at radius 2 is 2.14 bits per heavy atom. The summed E-state index contributed by atoms with van der Waals surface area (Å²) in [7, 11) is 0. The Labute approximate surface area is 123 Å². The Bertz CT molecular complexity index is 572. The molecule has 2 heterocycles. The number of rotatable bonds is 3. The molecule has 5 heteroatoms. The number of nitrogens with one attached hydrogen (secondary N) is 1. The van der Waals surface area contributed by atoms with Gasteiger partial charge in [-0.2, -0.15) is 0 Å². The average molecular weight is 288 g/mol. The third-order valence-electron chi connectivity index (χ3n) is 4.56. The first-order valence-corrected chi connectivity index (χ1v) is 7.43. The highest BCUT2D eigenvalue weighted by molar-refractivity contribution is 6.00. The van der Waals surface area contributed by atoms with E-state index in [1.165, 1.54) is 0 Å². The number of hydrogen-bond acceptors (Lipinski definition) is 3. The lowest BCUT2D eigenvalue weighted by atomic mass is 9.98. The predicted molar refractivity (Wildman–Crippen MR) is 79.4 cm³/mol. The van der Waals surface area contributed by atoms with Crippen molar-refractivity contribution in [3.05, 3.63) is 29.8 Å². The summed E-state index contributed by atoms with van der Waals surface area (Å²) >= 11 is 0. The summed E-state index contributed by atoms with van der Waals surface area (Å²) in [6, 6.07) is 7.49. The minimum atomic E-state index is -0.823. The van der Waals surface area contributed by atoms with Crippen molar-refractivity contribution in [3.63, 3.8) is 0 Å². The number of aliphatic carboxylic acids is 1. The lowest BCUT2D eigenvalue weighted by molar-refractivity contribution is -0.137. The summed E-state index contributed by atoms with van der Waals surface area (Å²) in [6.07, 6.45) is 1.07. The first kappa shape index (κ1) is 14.1. The van der Waals surface area contributed by atoms with Crippen LogP contribution in [-0.4, -0.2) is 36.1 Å². The van der Waals surface area contributed by atoms with Crippen LogP contribution in [0.2, 0.25) is 0 Å². The fourth-order valence-corrected chi connectivity index (χ4v) is 3.42. The van der Waals surface area contributed by atoms with E-state index in [0.717, 1.165) is 24.2 Å². The van der Waals surface area contributed by atoms with Crippen LogP contribution in [0.5, 0.6) is 0 Å². The highest BCUT2D eigenvalue weighted by atomic mass is 16.4. The van der Waals surface area contributed by atoms with Crippen LogP contribution in [0.4, 0.5) is 5.69 Å². The van der Waals surface area contributed by atoms with Gasteiger partial charge in [-0.15, -0.1) is 0 Å². The number of anilines is 1. The van der Waals surface area contributed by atoms with Gasteiger partial charge in [0.15, 0.2) is 0 Å². The van der Waals surface area contributed by atoms with E-state index >= 15 is 0 Å². The number of benzene rings is 1. The van der Waals surface area contributed by atoms with Crippen molar-refractivity contribution in [2.45, 2.75) is 31.7 Å². The Balaban J connectivity index is 1.87. The number of carbonyl (C=O) groups is 2. The summed E-state index contributed by atoms with van der Waals surface area (Å²) in [4.78, 5) is 25.6. The second-order valence-corrected chi connectivity index (χ2v) is 6.00. The molecular weight excluding hydrogens is 268 g/mol. The molecule has 1 amide bonds. The minimum Gasteiger partial charge on any atom is -0.481 e. The zero-order valence-corrected chi connectivity index (χ0v) is 12.1. The van der Waals surface area contributed by atoms with Crippen LogP contribution in [0.3, 0.4) is 0 Å². The molecule has 0 aromatic heterocycles. The Morgan fingerprint density at radius 3 is 2.81 bits per heavy atom. The quantitative estimate of drug-likeness (QED) is 0.886. The molecule has 1 fully saturated rings.